The second-order valence-corrected chi connectivity index (χ2v) is 8.95. The van der Waals surface area contributed by atoms with Crippen molar-refractivity contribution in [3.05, 3.63) is 72.3 Å². The van der Waals surface area contributed by atoms with Gasteiger partial charge in [0.2, 0.25) is 5.95 Å². The monoisotopic (exact) mass is 473 g/mol. The Morgan fingerprint density at radius 1 is 0.971 bits per heavy atom. The molecule has 9 heteroatoms. The number of benzene rings is 3. The summed E-state index contributed by atoms with van der Waals surface area (Å²) in [6.07, 6.45) is -0.615. The van der Waals surface area contributed by atoms with Crippen molar-refractivity contribution in [1.29, 1.82) is 0 Å². The molecule has 0 unspecified atom stereocenters. The van der Waals surface area contributed by atoms with E-state index < -0.39 is 12.1 Å². The Balaban J connectivity index is 1.54. The first-order valence-corrected chi connectivity index (χ1v) is 11.0. The van der Waals surface area contributed by atoms with Crippen molar-refractivity contribution >= 4 is 40.5 Å². The number of aromatic amines is 1. The minimum absolute atomic E-state index is 0.0666. The molecule has 0 fully saturated rings. The highest BCUT2D eigenvalue weighted by molar-refractivity contribution is 5.98. The van der Waals surface area contributed by atoms with Crippen LogP contribution in [0.3, 0.4) is 0 Å². The number of imidazole rings is 1. The van der Waals surface area contributed by atoms with E-state index in [1.54, 1.807) is 42.5 Å². The lowest BCUT2D eigenvalue weighted by molar-refractivity contribution is 0.186. The Labute approximate surface area is 202 Å². The number of hydrogen-bond acceptors (Lipinski definition) is 5. The molecule has 3 amide bonds. The van der Waals surface area contributed by atoms with Crippen molar-refractivity contribution in [3.8, 4) is 11.5 Å². The number of nitrogens with zero attached hydrogens (tertiary/aromatic N) is 2. The summed E-state index contributed by atoms with van der Waals surface area (Å²) >= 11 is 0. The highest BCUT2D eigenvalue weighted by atomic mass is 16.5. The van der Waals surface area contributed by atoms with Gasteiger partial charge in [0.15, 0.2) is 0 Å². The van der Waals surface area contributed by atoms with Gasteiger partial charge >= 0.3 is 12.1 Å². The fourth-order valence-corrected chi connectivity index (χ4v) is 3.57. The average Bonchev–Trinajstić information content (AvgIpc) is 3.21. The molecule has 0 aliphatic carbocycles. The molecule has 0 saturated carbocycles. The summed E-state index contributed by atoms with van der Waals surface area (Å²) < 4.78 is 10.5. The van der Waals surface area contributed by atoms with E-state index in [4.69, 9.17) is 10.5 Å². The Kier molecular flexibility index (Phi) is 6.33. The third kappa shape index (κ3) is 5.35. The maximum Gasteiger partial charge on any atom is 0.413 e. The van der Waals surface area contributed by atoms with Gasteiger partial charge < -0.3 is 20.2 Å². The number of fused-ring (bicyclic) bond motifs is 1. The van der Waals surface area contributed by atoms with Crippen molar-refractivity contribution < 1.29 is 19.1 Å². The number of urea groups is 1. The van der Waals surface area contributed by atoms with Gasteiger partial charge in [-0.1, -0.05) is 32.9 Å². The van der Waals surface area contributed by atoms with Gasteiger partial charge in [-0.3, -0.25) is 10.2 Å². The van der Waals surface area contributed by atoms with Crippen LogP contribution in [0.1, 0.15) is 26.3 Å². The lowest BCUT2D eigenvalue weighted by Gasteiger charge is -2.25. The van der Waals surface area contributed by atoms with E-state index in [9.17, 15) is 9.59 Å². The van der Waals surface area contributed by atoms with E-state index in [0.29, 0.717) is 33.9 Å². The number of rotatable bonds is 5. The summed E-state index contributed by atoms with van der Waals surface area (Å²) in [5, 5.41) is 2.49. The number of hydrogen-bond donors (Lipinski definition) is 3. The predicted molar refractivity (Wildman–Crippen MR) is 136 cm³/mol. The van der Waals surface area contributed by atoms with Crippen LogP contribution in [-0.2, 0) is 10.2 Å². The molecule has 0 aliphatic heterocycles. The molecular formula is C26H27N5O4. The zero-order valence-corrected chi connectivity index (χ0v) is 20.0. The van der Waals surface area contributed by atoms with Crippen LogP contribution in [0.4, 0.5) is 26.9 Å². The summed E-state index contributed by atoms with van der Waals surface area (Å²) in [5.41, 5.74) is 9.42. The molecule has 3 aromatic carbocycles. The second kappa shape index (κ2) is 9.38. The molecule has 9 nitrogen and oxygen atoms in total. The molecule has 4 rings (SSSR count). The summed E-state index contributed by atoms with van der Waals surface area (Å²) in [7, 11) is 1.28. The minimum atomic E-state index is -0.615. The van der Waals surface area contributed by atoms with Crippen molar-refractivity contribution in [1.82, 2.24) is 9.97 Å². The number of methoxy groups -OCH3 is 1. The topological polar surface area (TPSA) is 123 Å². The number of carbonyl (C=O) groups excluding carboxylic acids is 2. The minimum Gasteiger partial charge on any atom is -0.457 e. The van der Waals surface area contributed by atoms with Crippen LogP contribution in [0.2, 0.25) is 0 Å². The second-order valence-electron chi connectivity index (χ2n) is 8.95. The van der Waals surface area contributed by atoms with Gasteiger partial charge in [-0.2, -0.15) is 0 Å². The molecule has 0 saturated heterocycles. The van der Waals surface area contributed by atoms with Crippen LogP contribution in [0.15, 0.2) is 66.7 Å². The van der Waals surface area contributed by atoms with E-state index in [-0.39, 0.29) is 11.4 Å². The van der Waals surface area contributed by atoms with Gasteiger partial charge in [-0.05, 0) is 59.5 Å². The summed E-state index contributed by atoms with van der Waals surface area (Å²) in [4.78, 5) is 32.4. The maximum absolute atomic E-state index is 12.3. The van der Waals surface area contributed by atoms with Crippen LogP contribution >= 0.6 is 0 Å². The van der Waals surface area contributed by atoms with Gasteiger partial charge in [0.1, 0.15) is 11.5 Å². The third-order valence-electron chi connectivity index (χ3n) is 5.38. The quantitative estimate of drug-likeness (QED) is 0.326. The number of carbonyl (C=O) groups is 2. The highest BCUT2D eigenvalue weighted by Crippen LogP contribution is 2.32. The first-order valence-electron chi connectivity index (χ1n) is 11.0. The number of anilines is 3. The third-order valence-corrected chi connectivity index (χ3v) is 5.38. The Morgan fingerprint density at radius 3 is 2.34 bits per heavy atom. The van der Waals surface area contributed by atoms with Gasteiger partial charge in [-0.25, -0.2) is 14.6 Å². The Hall–Kier alpha value is -4.53. The van der Waals surface area contributed by atoms with Gasteiger partial charge in [0.05, 0.1) is 29.5 Å². The van der Waals surface area contributed by atoms with Crippen LogP contribution in [-0.4, -0.2) is 29.2 Å². The molecule has 1 heterocycles. The lowest BCUT2D eigenvalue weighted by Crippen LogP contribution is -2.31. The van der Waals surface area contributed by atoms with Crippen molar-refractivity contribution in [2.45, 2.75) is 26.2 Å². The number of aromatic nitrogens is 2. The SMILES string of the molecule is COC(=O)Nc1nc2ccc(Oc3ccc(N(C(N)=O)c4cccc(C(C)(C)C)c4)cc3)cc2[nH]1. The van der Waals surface area contributed by atoms with Crippen molar-refractivity contribution in [2.24, 2.45) is 5.73 Å². The number of primary amides is 1. The number of nitrogens with one attached hydrogen (secondary N) is 2. The molecule has 4 N–H and O–H groups in total. The molecule has 1 aromatic heterocycles. The summed E-state index contributed by atoms with van der Waals surface area (Å²) in [6, 6.07) is 19.6. The number of H-pyrrole nitrogens is 1. The van der Waals surface area contributed by atoms with E-state index in [2.05, 4.69) is 40.8 Å². The zero-order chi connectivity index (χ0) is 25.2. The van der Waals surface area contributed by atoms with Gasteiger partial charge in [-0.15, -0.1) is 0 Å². The fraction of sp³-hybridized carbons (Fsp3) is 0.192. The number of ether oxygens (including phenoxy) is 2. The lowest BCUT2D eigenvalue weighted by atomic mass is 9.87. The Morgan fingerprint density at radius 2 is 1.69 bits per heavy atom. The molecule has 0 bridgehead atoms. The van der Waals surface area contributed by atoms with E-state index in [1.807, 2.05) is 24.3 Å². The summed E-state index contributed by atoms with van der Waals surface area (Å²) in [6.45, 7) is 6.35. The number of amides is 3. The molecule has 0 radical (unpaired) electrons. The van der Waals surface area contributed by atoms with Gasteiger partial charge in [0, 0.05) is 6.07 Å². The average molecular weight is 474 g/mol. The van der Waals surface area contributed by atoms with Crippen molar-refractivity contribution in [2.75, 3.05) is 17.3 Å². The molecule has 0 atom stereocenters. The summed E-state index contributed by atoms with van der Waals surface area (Å²) in [5.74, 6) is 1.42. The predicted octanol–water partition coefficient (Wildman–Crippen LogP) is 6.05. The van der Waals surface area contributed by atoms with Crippen LogP contribution in [0, 0.1) is 0 Å². The standard InChI is InChI=1S/C26H27N5O4/c1-26(2,3)16-6-5-7-18(14-16)31(23(27)32)17-8-10-19(11-9-17)35-20-12-13-21-22(15-20)29-24(28-21)30-25(33)34-4/h5-15H,1-4H3,(H2,27,32)(H2,28,29,30,33). The first-order chi connectivity index (χ1) is 16.6. The van der Waals surface area contributed by atoms with E-state index >= 15 is 0 Å². The molecule has 0 spiro atoms. The first kappa shape index (κ1) is 23.6. The zero-order valence-electron chi connectivity index (χ0n) is 20.0. The van der Waals surface area contributed by atoms with E-state index in [1.165, 1.54) is 12.0 Å². The van der Waals surface area contributed by atoms with Crippen molar-refractivity contribution in [3.63, 3.8) is 0 Å². The normalized spacial score (nSPS) is 11.2. The van der Waals surface area contributed by atoms with Crippen LogP contribution < -0.4 is 20.7 Å². The van der Waals surface area contributed by atoms with Crippen LogP contribution in [0.25, 0.3) is 11.0 Å². The Bertz CT molecular complexity index is 1370. The molecule has 180 valence electrons. The van der Waals surface area contributed by atoms with Gasteiger partial charge in [0.25, 0.3) is 0 Å². The number of nitrogens with two attached hydrogens (primary N) is 1. The largest absolute Gasteiger partial charge is 0.457 e. The van der Waals surface area contributed by atoms with Crippen LogP contribution in [0.5, 0.6) is 11.5 Å². The fourth-order valence-electron chi connectivity index (χ4n) is 3.57. The molecule has 35 heavy (non-hydrogen) atoms. The maximum atomic E-state index is 12.3. The molecule has 4 aromatic rings. The van der Waals surface area contributed by atoms with E-state index in [0.717, 1.165) is 5.56 Å². The highest BCUT2D eigenvalue weighted by Gasteiger charge is 2.19. The molecular weight excluding hydrogens is 446 g/mol. The molecule has 0 aliphatic rings. The smallest absolute Gasteiger partial charge is 0.413 e.